The summed E-state index contributed by atoms with van der Waals surface area (Å²) >= 11 is 0. The van der Waals surface area contributed by atoms with Crippen molar-refractivity contribution in [1.29, 1.82) is 0 Å². The first-order chi connectivity index (χ1) is 14.1. The molecular weight excluding hydrogens is 544 g/mol. The minimum absolute atomic E-state index is 0. The molecule has 2 aromatic carbocycles. The number of guanidine groups is 1. The molecule has 172 valence electrons. The molecule has 2 aromatic rings. The van der Waals surface area contributed by atoms with Crippen molar-refractivity contribution < 1.29 is 21.6 Å². The van der Waals surface area contributed by atoms with E-state index < -0.39 is 21.8 Å². The number of rotatable bonds is 7. The molecule has 0 aliphatic carbocycles. The van der Waals surface area contributed by atoms with Gasteiger partial charge in [0.25, 0.3) is 0 Å². The molecule has 0 heterocycles. The Morgan fingerprint density at radius 3 is 2.19 bits per heavy atom. The number of alkyl halides is 3. The van der Waals surface area contributed by atoms with Crippen LogP contribution in [0, 0.1) is 0 Å². The highest BCUT2D eigenvalue weighted by atomic mass is 127. The highest BCUT2D eigenvalue weighted by Gasteiger charge is 2.29. The van der Waals surface area contributed by atoms with Crippen molar-refractivity contribution in [2.24, 2.45) is 4.99 Å². The van der Waals surface area contributed by atoms with Crippen molar-refractivity contribution >= 4 is 40.0 Å². The van der Waals surface area contributed by atoms with Gasteiger partial charge in [0, 0.05) is 34.2 Å². The fraction of sp³-hybridized carbons (Fsp3) is 0.350. The maximum absolute atomic E-state index is 12.6. The van der Waals surface area contributed by atoms with Crippen LogP contribution in [0.1, 0.15) is 16.7 Å². The van der Waals surface area contributed by atoms with Gasteiger partial charge in [0.05, 0.1) is 10.5 Å². The van der Waals surface area contributed by atoms with E-state index in [0.29, 0.717) is 24.5 Å². The zero-order chi connectivity index (χ0) is 22.4. The summed E-state index contributed by atoms with van der Waals surface area (Å²) in [5.41, 5.74) is 0.674. The number of nitrogens with one attached hydrogen (secondary N) is 2. The Kier molecular flexibility index (Phi) is 10.2. The zero-order valence-corrected chi connectivity index (χ0v) is 20.5. The summed E-state index contributed by atoms with van der Waals surface area (Å²) in [4.78, 5) is 4.30. The highest BCUT2D eigenvalue weighted by molar-refractivity contribution is 14.0. The van der Waals surface area contributed by atoms with Crippen LogP contribution in [-0.2, 0) is 29.2 Å². The lowest BCUT2D eigenvalue weighted by atomic mass is 10.1. The maximum Gasteiger partial charge on any atom is 0.416 e. The van der Waals surface area contributed by atoms with Crippen LogP contribution < -0.4 is 10.6 Å². The Hall–Kier alpha value is -1.86. The summed E-state index contributed by atoms with van der Waals surface area (Å²) in [7, 11) is 0.950. The summed E-state index contributed by atoms with van der Waals surface area (Å²) in [6.45, 7) is 0.686. The molecule has 0 aliphatic heterocycles. The van der Waals surface area contributed by atoms with Gasteiger partial charge in [0.2, 0.25) is 10.0 Å². The quantitative estimate of drug-likeness (QED) is 0.304. The largest absolute Gasteiger partial charge is 0.416 e. The van der Waals surface area contributed by atoms with Gasteiger partial charge in [-0.1, -0.05) is 30.3 Å². The zero-order valence-electron chi connectivity index (χ0n) is 17.4. The first-order valence-corrected chi connectivity index (χ1v) is 10.6. The standard InChI is InChI=1S/C20H25F3N4O2S.HI/c1-24-19(25-13-12-15-8-10-17(11-9-15)20(21,22)23)26-14-16-6-4-5-7-18(16)30(28,29)27(2)3;/h4-11H,12-14H2,1-3H3,(H2,24,25,26);1H. The van der Waals surface area contributed by atoms with E-state index >= 15 is 0 Å². The van der Waals surface area contributed by atoms with E-state index in [2.05, 4.69) is 15.6 Å². The minimum atomic E-state index is -4.35. The van der Waals surface area contributed by atoms with E-state index in [4.69, 9.17) is 0 Å². The van der Waals surface area contributed by atoms with E-state index in [-0.39, 0.29) is 35.4 Å². The monoisotopic (exact) mass is 570 g/mol. The van der Waals surface area contributed by atoms with Crippen molar-refractivity contribution in [2.75, 3.05) is 27.7 Å². The van der Waals surface area contributed by atoms with Crippen LogP contribution in [-0.4, -0.2) is 46.4 Å². The second kappa shape index (κ2) is 11.7. The number of hydrogen-bond acceptors (Lipinski definition) is 3. The van der Waals surface area contributed by atoms with Crippen LogP contribution >= 0.6 is 24.0 Å². The van der Waals surface area contributed by atoms with Crippen molar-refractivity contribution in [3.8, 4) is 0 Å². The second-order valence-electron chi connectivity index (χ2n) is 6.69. The van der Waals surface area contributed by atoms with Crippen molar-refractivity contribution in [1.82, 2.24) is 14.9 Å². The number of sulfonamides is 1. The van der Waals surface area contributed by atoms with Crippen molar-refractivity contribution in [3.05, 3.63) is 65.2 Å². The van der Waals surface area contributed by atoms with Gasteiger partial charge in [0.15, 0.2) is 5.96 Å². The minimum Gasteiger partial charge on any atom is -0.356 e. The van der Waals surface area contributed by atoms with E-state index in [0.717, 1.165) is 22.0 Å². The summed E-state index contributed by atoms with van der Waals surface area (Å²) < 4.78 is 63.9. The van der Waals surface area contributed by atoms with Gasteiger partial charge in [-0.15, -0.1) is 24.0 Å². The summed E-state index contributed by atoms with van der Waals surface area (Å²) in [5, 5.41) is 6.13. The van der Waals surface area contributed by atoms with Crippen LogP contribution in [0.2, 0.25) is 0 Å². The lowest BCUT2D eigenvalue weighted by Gasteiger charge is -2.17. The van der Waals surface area contributed by atoms with Crippen LogP contribution in [0.3, 0.4) is 0 Å². The molecule has 0 amide bonds. The van der Waals surface area contributed by atoms with Gasteiger partial charge in [-0.3, -0.25) is 4.99 Å². The van der Waals surface area contributed by atoms with Crippen molar-refractivity contribution in [3.63, 3.8) is 0 Å². The molecule has 0 unspecified atom stereocenters. The maximum atomic E-state index is 12.6. The van der Waals surface area contributed by atoms with Crippen LogP contribution in [0.15, 0.2) is 58.4 Å². The topological polar surface area (TPSA) is 73.8 Å². The van der Waals surface area contributed by atoms with E-state index in [9.17, 15) is 21.6 Å². The number of hydrogen-bond donors (Lipinski definition) is 2. The fourth-order valence-corrected chi connectivity index (χ4v) is 3.80. The molecule has 6 nitrogen and oxygen atoms in total. The first kappa shape index (κ1) is 27.2. The predicted molar refractivity (Wildman–Crippen MR) is 126 cm³/mol. The Morgan fingerprint density at radius 1 is 1.03 bits per heavy atom. The Balaban J connectivity index is 0.00000480. The molecule has 0 bridgehead atoms. The average molecular weight is 570 g/mol. The molecule has 0 spiro atoms. The number of halogens is 4. The molecule has 2 N–H and O–H groups in total. The smallest absolute Gasteiger partial charge is 0.356 e. The fourth-order valence-electron chi connectivity index (χ4n) is 2.68. The second-order valence-corrected chi connectivity index (χ2v) is 8.81. The highest BCUT2D eigenvalue weighted by Crippen LogP contribution is 2.29. The predicted octanol–water partition coefficient (Wildman–Crippen LogP) is 3.48. The molecular formula is C20H26F3IN4O2S. The van der Waals surface area contributed by atoms with Gasteiger partial charge < -0.3 is 10.6 Å². The molecule has 0 fully saturated rings. The number of benzene rings is 2. The molecule has 11 heteroatoms. The van der Waals surface area contributed by atoms with Crippen LogP contribution in [0.5, 0.6) is 0 Å². The van der Waals surface area contributed by atoms with Crippen LogP contribution in [0.25, 0.3) is 0 Å². The van der Waals surface area contributed by atoms with Gasteiger partial charge in [-0.2, -0.15) is 13.2 Å². The molecule has 2 rings (SSSR count). The van der Waals surface area contributed by atoms with Gasteiger partial charge in [0.1, 0.15) is 0 Å². The molecule has 0 aliphatic rings. The van der Waals surface area contributed by atoms with E-state index in [1.54, 1.807) is 31.3 Å². The Morgan fingerprint density at radius 2 is 1.65 bits per heavy atom. The Labute approximate surface area is 198 Å². The molecule has 0 radical (unpaired) electrons. The molecule has 0 saturated heterocycles. The lowest BCUT2D eigenvalue weighted by Crippen LogP contribution is -2.38. The third-order valence-corrected chi connectivity index (χ3v) is 6.30. The average Bonchev–Trinajstić information content (AvgIpc) is 2.70. The van der Waals surface area contributed by atoms with Gasteiger partial charge >= 0.3 is 6.18 Å². The van der Waals surface area contributed by atoms with Gasteiger partial charge in [-0.25, -0.2) is 12.7 Å². The third kappa shape index (κ3) is 7.65. The van der Waals surface area contributed by atoms with E-state index in [1.807, 2.05) is 0 Å². The third-order valence-electron chi connectivity index (χ3n) is 4.39. The van der Waals surface area contributed by atoms with Crippen molar-refractivity contribution in [2.45, 2.75) is 24.0 Å². The number of nitrogens with zero attached hydrogens (tertiary/aromatic N) is 2. The summed E-state index contributed by atoms with van der Waals surface area (Å²) in [5.74, 6) is 0.457. The Bertz CT molecular complexity index is 979. The SMILES string of the molecule is CN=C(NCCc1ccc(C(F)(F)F)cc1)NCc1ccccc1S(=O)(=O)N(C)C.I. The summed E-state index contributed by atoms with van der Waals surface area (Å²) in [6, 6.07) is 11.7. The van der Waals surface area contributed by atoms with Gasteiger partial charge in [-0.05, 0) is 35.7 Å². The molecule has 0 saturated carbocycles. The molecule has 31 heavy (non-hydrogen) atoms. The summed E-state index contributed by atoms with van der Waals surface area (Å²) in [6.07, 6.45) is -3.84. The first-order valence-electron chi connectivity index (χ1n) is 9.17. The normalized spacial score (nSPS) is 12.4. The molecule has 0 atom stereocenters. The molecule has 0 aromatic heterocycles. The lowest BCUT2D eigenvalue weighted by molar-refractivity contribution is -0.137. The van der Waals surface area contributed by atoms with Crippen LogP contribution in [0.4, 0.5) is 13.2 Å². The van der Waals surface area contributed by atoms with E-state index in [1.165, 1.54) is 26.2 Å². The number of aliphatic imine (C=N–C) groups is 1.